The lowest BCUT2D eigenvalue weighted by atomic mass is 10.1. The maximum Gasteiger partial charge on any atom is 0.252 e. The quantitative estimate of drug-likeness (QED) is 0.765. The van der Waals surface area contributed by atoms with Crippen molar-refractivity contribution in [2.45, 2.75) is 13.5 Å². The van der Waals surface area contributed by atoms with Gasteiger partial charge in [0.1, 0.15) is 5.82 Å². The predicted molar refractivity (Wildman–Crippen MR) is 96.2 cm³/mol. The van der Waals surface area contributed by atoms with Gasteiger partial charge >= 0.3 is 0 Å². The fourth-order valence-electron chi connectivity index (χ4n) is 2.48. The smallest absolute Gasteiger partial charge is 0.252 e. The third kappa shape index (κ3) is 3.66. The number of nitrogens with one attached hydrogen (secondary N) is 1. The normalized spacial score (nSPS) is 10.6. The number of aryl methyl sites for hydroxylation is 1. The van der Waals surface area contributed by atoms with Gasteiger partial charge in [0, 0.05) is 31.0 Å². The second-order valence-corrected chi connectivity index (χ2v) is 5.95. The van der Waals surface area contributed by atoms with Crippen molar-refractivity contribution in [1.29, 1.82) is 0 Å². The van der Waals surface area contributed by atoms with Gasteiger partial charge in [-0.25, -0.2) is 4.98 Å². The van der Waals surface area contributed by atoms with Crippen molar-refractivity contribution < 1.29 is 4.79 Å². The number of hydrogen-bond donors (Lipinski definition) is 1. The number of carbonyl (C=O) groups excluding carboxylic acids is 1. The number of amides is 1. The zero-order valence-corrected chi connectivity index (χ0v) is 14.1. The molecule has 0 aliphatic rings. The minimum absolute atomic E-state index is 0.169. The van der Waals surface area contributed by atoms with Crippen LogP contribution in [-0.2, 0) is 6.54 Å². The van der Waals surface area contributed by atoms with Crippen molar-refractivity contribution in [3.63, 3.8) is 0 Å². The van der Waals surface area contributed by atoms with Gasteiger partial charge in [0.25, 0.3) is 5.91 Å². The van der Waals surface area contributed by atoms with E-state index >= 15 is 0 Å². The van der Waals surface area contributed by atoms with E-state index in [-0.39, 0.29) is 5.91 Å². The van der Waals surface area contributed by atoms with Crippen LogP contribution < -0.4 is 5.32 Å². The van der Waals surface area contributed by atoms with Crippen LogP contribution in [0.5, 0.6) is 0 Å². The Kier molecular flexibility index (Phi) is 4.96. The summed E-state index contributed by atoms with van der Waals surface area (Å²) < 4.78 is 2.03. The Morgan fingerprint density at radius 3 is 2.67 bits per heavy atom. The Morgan fingerprint density at radius 2 is 1.92 bits per heavy atom. The van der Waals surface area contributed by atoms with Gasteiger partial charge in [-0.15, -0.1) is 0 Å². The van der Waals surface area contributed by atoms with Gasteiger partial charge in [0.2, 0.25) is 0 Å². The zero-order valence-electron chi connectivity index (χ0n) is 13.4. The highest BCUT2D eigenvalue weighted by Gasteiger charge is 2.10. The minimum Gasteiger partial charge on any atom is -0.350 e. The van der Waals surface area contributed by atoms with Crippen LogP contribution in [0.3, 0.4) is 0 Å². The first-order valence-corrected chi connectivity index (χ1v) is 8.14. The SMILES string of the molecule is Cc1ccc(-c2nccn2CCNC(=O)c2ccccc2Cl)cc1. The van der Waals surface area contributed by atoms with E-state index in [1.807, 2.05) is 10.8 Å². The molecule has 122 valence electrons. The molecule has 0 aliphatic heterocycles. The molecule has 0 unspecified atom stereocenters. The number of halogens is 1. The fraction of sp³-hybridized carbons (Fsp3) is 0.158. The molecule has 5 heteroatoms. The third-order valence-electron chi connectivity index (χ3n) is 3.78. The molecule has 0 atom stereocenters. The monoisotopic (exact) mass is 339 g/mol. The van der Waals surface area contributed by atoms with Gasteiger partial charge in [0.05, 0.1) is 10.6 Å². The summed E-state index contributed by atoms with van der Waals surface area (Å²) in [7, 11) is 0. The minimum atomic E-state index is -0.169. The van der Waals surface area contributed by atoms with Crippen LogP contribution in [0.2, 0.25) is 5.02 Å². The molecule has 4 nitrogen and oxygen atoms in total. The molecule has 3 aromatic rings. The third-order valence-corrected chi connectivity index (χ3v) is 4.11. The van der Waals surface area contributed by atoms with Crippen molar-refractivity contribution in [3.05, 3.63) is 77.1 Å². The van der Waals surface area contributed by atoms with E-state index in [0.29, 0.717) is 23.7 Å². The second kappa shape index (κ2) is 7.32. The van der Waals surface area contributed by atoms with Crippen molar-refractivity contribution in [3.8, 4) is 11.4 Å². The number of aromatic nitrogens is 2. The Balaban J connectivity index is 1.64. The molecule has 1 heterocycles. The van der Waals surface area contributed by atoms with Gasteiger partial charge < -0.3 is 9.88 Å². The van der Waals surface area contributed by atoms with Crippen LogP contribution in [0.25, 0.3) is 11.4 Å². The molecule has 3 rings (SSSR count). The molecule has 0 radical (unpaired) electrons. The summed E-state index contributed by atoms with van der Waals surface area (Å²) in [6, 6.07) is 15.3. The van der Waals surface area contributed by atoms with Gasteiger partial charge in [-0.1, -0.05) is 53.6 Å². The van der Waals surface area contributed by atoms with Gasteiger partial charge in [-0.2, -0.15) is 0 Å². The predicted octanol–water partition coefficient (Wildman–Crippen LogP) is 3.94. The summed E-state index contributed by atoms with van der Waals surface area (Å²) >= 11 is 6.04. The van der Waals surface area contributed by atoms with Gasteiger partial charge in [-0.3, -0.25) is 4.79 Å². The van der Waals surface area contributed by atoms with Crippen molar-refractivity contribution in [2.75, 3.05) is 6.54 Å². The molecule has 0 fully saturated rings. The molecule has 0 saturated carbocycles. The molecule has 1 amide bonds. The Bertz CT molecular complexity index is 840. The second-order valence-electron chi connectivity index (χ2n) is 5.55. The molecule has 1 N–H and O–H groups in total. The summed E-state index contributed by atoms with van der Waals surface area (Å²) in [6.07, 6.45) is 3.68. The van der Waals surface area contributed by atoms with Gasteiger partial charge in [0.15, 0.2) is 0 Å². The fourth-order valence-corrected chi connectivity index (χ4v) is 2.70. The van der Waals surface area contributed by atoms with Crippen LogP contribution >= 0.6 is 11.6 Å². The van der Waals surface area contributed by atoms with Crippen LogP contribution in [0.15, 0.2) is 60.9 Å². The molecule has 0 spiro atoms. The summed E-state index contributed by atoms with van der Waals surface area (Å²) in [6.45, 7) is 3.19. The number of hydrogen-bond acceptors (Lipinski definition) is 2. The van der Waals surface area contributed by atoms with E-state index in [0.717, 1.165) is 11.4 Å². The van der Waals surface area contributed by atoms with Crippen LogP contribution in [0, 0.1) is 6.92 Å². The number of carbonyl (C=O) groups is 1. The average molecular weight is 340 g/mol. The lowest BCUT2D eigenvalue weighted by molar-refractivity contribution is 0.0952. The molecular formula is C19H18ClN3O. The van der Waals surface area contributed by atoms with Crippen molar-refractivity contribution >= 4 is 17.5 Å². The summed E-state index contributed by atoms with van der Waals surface area (Å²) in [5.41, 5.74) is 2.76. The molecule has 2 aromatic carbocycles. The molecule has 0 bridgehead atoms. The average Bonchev–Trinajstić information content (AvgIpc) is 3.04. The summed E-state index contributed by atoms with van der Waals surface area (Å²) in [5, 5.41) is 3.35. The van der Waals surface area contributed by atoms with E-state index in [1.54, 1.807) is 30.5 Å². The van der Waals surface area contributed by atoms with E-state index in [1.165, 1.54) is 5.56 Å². The Morgan fingerprint density at radius 1 is 1.17 bits per heavy atom. The highest BCUT2D eigenvalue weighted by molar-refractivity contribution is 6.33. The summed E-state index contributed by atoms with van der Waals surface area (Å²) in [4.78, 5) is 16.6. The van der Waals surface area contributed by atoms with Crippen LogP contribution in [0.1, 0.15) is 15.9 Å². The molecule has 0 aliphatic carbocycles. The number of nitrogens with zero attached hydrogens (tertiary/aromatic N) is 2. The van der Waals surface area contributed by atoms with E-state index in [4.69, 9.17) is 11.6 Å². The standard InChI is InChI=1S/C19H18ClN3O/c1-14-6-8-15(9-7-14)18-21-10-12-23(18)13-11-22-19(24)16-4-2-3-5-17(16)20/h2-10,12H,11,13H2,1H3,(H,22,24). The van der Waals surface area contributed by atoms with Crippen LogP contribution in [0.4, 0.5) is 0 Å². The lowest BCUT2D eigenvalue weighted by Gasteiger charge is -2.10. The van der Waals surface area contributed by atoms with Crippen molar-refractivity contribution in [2.24, 2.45) is 0 Å². The topological polar surface area (TPSA) is 46.9 Å². The highest BCUT2D eigenvalue weighted by Crippen LogP contribution is 2.18. The first-order chi connectivity index (χ1) is 11.6. The maximum absolute atomic E-state index is 12.2. The number of rotatable bonds is 5. The van der Waals surface area contributed by atoms with Crippen molar-refractivity contribution in [1.82, 2.24) is 14.9 Å². The summed E-state index contributed by atoms with van der Waals surface area (Å²) in [5.74, 6) is 0.722. The highest BCUT2D eigenvalue weighted by atomic mass is 35.5. The number of imidazole rings is 1. The zero-order chi connectivity index (χ0) is 16.9. The Hall–Kier alpha value is -2.59. The van der Waals surface area contributed by atoms with E-state index < -0.39 is 0 Å². The van der Waals surface area contributed by atoms with Gasteiger partial charge in [-0.05, 0) is 19.1 Å². The number of benzene rings is 2. The first-order valence-electron chi connectivity index (χ1n) is 7.76. The largest absolute Gasteiger partial charge is 0.350 e. The van der Waals surface area contributed by atoms with Crippen LogP contribution in [-0.4, -0.2) is 22.0 Å². The lowest BCUT2D eigenvalue weighted by Crippen LogP contribution is -2.27. The molecular weight excluding hydrogens is 322 g/mol. The molecule has 0 saturated heterocycles. The first kappa shape index (κ1) is 16.3. The Labute approximate surface area is 146 Å². The van der Waals surface area contributed by atoms with E-state index in [9.17, 15) is 4.79 Å². The van der Waals surface area contributed by atoms with E-state index in [2.05, 4.69) is 41.5 Å². The molecule has 24 heavy (non-hydrogen) atoms. The molecule has 1 aromatic heterocycles. The maximum atomic E-state index is 12.2.